The summed E-state index contributed by atoms with van der Waals surface area (Å²) in [6.45, 7) is 0. The van der Waals surface area contributed by atoms with Crippen molar-refractivity contribution in [1.29, 1.82) is 0 Å². The molecule has 0 saturated heterocycles. The quantitative estimate of drug-likeness (QED) is 0.661. The molecule has 0 amide bonds. The topological polar surface area (TPSA) is 41.9 Å². The van der Waals surface area contributed by atoms with E-state index in [9.17, 15) is 0 Å². The SMILES string of the molecule is COc1ccc(C2CC(n3cccc3)Oc3cc(OC)cc(OC)c32)cc1. The number of aromatic nitrogens is 1. The van der Waals surface area contributed by atoms with Gasteiger partial charge in [-0.15, -0.1) is 0 Å². The van der Waals surface area contributed by atoms with Crippen molar-refractivity contribution in [3.05, 3.63) is 72.1 Å². The van der Waals surface area contributed by atoms with Gasteiger partial charge in [-0.25, -0.2) is 0 Å². The van der Waals surface area contributed by atoms with Crippen molar-refractivity contribution >= 4 is 0 Å². The van der Waals surface area contributed by atoms with Gasteiger partial charge in [0.15, 0.2) is 6.23 Å². The average molecular weight is 365 g/mol. The van der Waals surface area contributed by atoms with E-state index < -0.39 is 0 Å². The minimum Gasteiger partial charge on any atom is -0.497 e. The Balaban J connectivity index is 1.83. The number of rotatable bonds is 5. The molecule has 2 aromatic carbocycles. The molecule has 0 saturated carbocycles. The van der Waals surface area contributed by atoms with Crippen molar-refractivity contribution in [2.24, 2.45) is 0 Å². The second kappa shape index (κ2) is 7.27. The highest BCUT2D eigenvalue weighted by molar-refractivity contribution is 5.56. The highest BCUT2D eigenvalue weighted by Crippen LogP contribution is 2.49. The van der Waals surface area contributed by atoms with Gasteiger partial charge in [-0.05, 0) is 29.8 Å². The number of ether oxygens (including phenoxy) is 4. The summed E-state index contributed by atoms with van der Waals surface area (Å²) in [5.74, 6) is 3.25. The van der Waals surface area contributed by atoms with Crippen LogP contribution in [0.3, 0.4) is 0 Å². The predicted octanol–water partition coefficient (Wildman–Crippen LogP) is 4.63. The number of fused-ring (bicyclic) bond motifs is 1. The zero-order valence-electron chi connectivity index (χ0n) is 15.7. The number of methoxy groups -OCH3 is 3. The lowest BCUT2D eigenvalue weighted by molar-refractivity contribution is 0.0980. The zero-order valence-corrected chi connectivity index (χ0v) is 15.7. The van der Waals surface area contributed by atoms with Gasteiger partial charge < -0.3 is 23.5 Å². The molecule has 140 valence electrons. The van der Waals surface area contributed by atoms with Gasteiger partial charge in [0.05, 0.1) is 21.3 Å². The molecule has 2 unspecified atom stereocenters. The normalized spacial score (nSPS) is 18.3. The lowest BCUT2D eigenvalue weighted by Gasteiger charge is -2.34. The van der Waals surface area contributed by atoms with Gasteiger partial charge in [-0.3, -0.25) is 0 Å². The minimum atomic E-state index is -0.101. The summed E-state index contributed by atoms with van der Waals surface area (Å²) in [6, 6.07) is 16.1. The molecular formula is C22H23NO4. The van der Waals surface area contributed by atoms with Gasteiger partial charge in [0.2, 0.25) is 0 Å². The summed E-state index contributed by atoms with van der Waals surface area (Å²) in [5.41, 5.74) is 2.24. The third-order valence-corrected chi connectivity index (χ3v) is 5.06. The van der Waals surface area contributed by atoms with E-state index in [-0.39, 0.29) is 12.1 Å². The van der Waals surface area contributed by atoms with Crippen LogP contribution in [0, 0.1) is 0 Å². The molecule has 2 heterocycles. The summed E-state index contributed by atoms with van der Waals surface area (Å²) in [4.78, 5) is 0. The van der Waals surface area contributed by atoms with Crippen LogP contribution in [0.5, 0.6) is 23.0 Å². The van der Waals surface area contributed by atoms with Gasteiger partial charge in [0.25, 0.3) is 0 Å². The number of benzene rings is 2. The monoisotopic (exact) mass is 365 g/mol. The summed E-state index contributed by atoms with van der Waals surface area (Å²) < 4.78 is 24.9. The lowest BCUT2D eigenvalue weighted by atomic mass is 9.84. The number of hydrogen-bond donors (Lipinski definition) is 0. The molecule has 2 atom stereocenters. The zero-order chi connectivity index (χ0) is 18.8. The van der Waals surface area contributed by atoms with Crippen LogP contribution in [0.2, 0.25) is 0 Å². The third kappa shape index (κ3) is 3.21. The first kappa shape index (κ1) is 17.3. The highest BCUT2D eigenvalue weighted by atomic mass is 16.5. The number of nitrogens with zero attached hydrogens (tertiary/aromatic N) is 1. The molecule has 0 fully saturated rings. The molecule has 5 nitrogen and oxygen atoms in total. The molecule has 4 rings (SSSR count). The Bertz CT molecular complexity index is 903. The van der Waals surface area contributed by atoms with Crippen molar-refractivity contribution in [3.8, 4) is 23.0 Å². The Hall–Kier alpha value is -3.08. The van der Waals surface area contributed by atoms with Gasteiger partial charge in [-0.2, -0.15) is 0 Å². The van der Waals surface area contributed by atoms with Crippen LogP contribution < -0.4 is 18.9 Å². The highest BCUT2D eigenvalue weighted by Gasteiger charge is 2.33. The Morgan fingerprint density at radius 1 is 0.889 bits per heavy atom. The van der Waals surface area contributed by atoms with Crippen molar-refractivity contribution in [2.75, 3.05) is 21.3 Å². The van der Waals surface area contributed by atoms with Crippen molar-refractivity contribution < 1.29 is 18.9 Å². The standard InChI is InChI=1S/C22H23NO4/c1-24-16-8-6-15(7-9-16)18-14-21(23-10-4-5-11-23)27-20-13-17(25-2)12-19(26-3)22(18)20/h4-13,18,21H,14H2,1-3H3. The van der Waals surface area contributed by atoms with Crippen LogP contribution in [0.1, 0.15) is 29.7 Å². The first-order valence-electron chi connectivity index (χ1n) is 8.92. The maximum absolute atomic E-state index is 6.34. The van der Waals surface area contributed by atoms with Crippen LogP contribution in [0.25, 0.3) is 0 Å². The Labute approximate surface area is 159 Å². The van der Waals surface area contributed by atoms with Gasteiger partial charge >= 0.3 is 0 Å². The van der Waals surface area contributed by atoms with Crippen molar-refractivity contribution in [1.82, 2.24) is 4.57 Å². The molecular weight excluding hydrogens is 342 g/mol. The summed E-state index contributed by atoms with van der Waals surface area (Å²) in [6.07, 6.45) is 4.75. The van der Waals surface area contributed by atoms with E-state index in [1.807, 2.05) is 48.8 Å². The molecule has 0 radical (unpaired) electrons. The van der Waals surface area contributed by atoms with Crippen LogP contribution in [-0.2, 0) is 0 Å². The minimum absolute atomic E-state index is 0.101. The van der Waals surface area contributed by atoms with Crippen LogP contribution in [0.4, 0.5) is 0 Å². The fraction of sp³-hybridized carbons (Fsp3) is 0.273. The van der Waals surface area contributed by atoms with E-state index in [0.29, 0.717) is 5.75 Å². The Kier molecular flexibility index (Phi) is 4.67. The van der Waals surface area contributed by atoms with Crippen LogP contribution >= 0.6 is 0 Å². The largest absolute Gasteiger partial charge is 0.497 e. The smallest absolute Gasteiger partial charge is 0.176 e. The van der Waals surface area contributed by atoms with Gasteiger partial charge in [-0.1, -0.05) is 12.1 Å². The Morgan fingerprint density at radius 3 is 2.22 bits per heavy atom. The maximum Gasteiger partial charge on any atom is 0.176 e. The number of hydrogen-bond acceptors (Lipinski definition) is 4. The summed E-state index contributed by atoms with van der Waals surface area (Å²) in [5, 5.41) is 0. The molecule has 5 heteroatoms. The molecule has 0 spiro atoms. The molecule has 1 aliphatic heterocycles. The van der Waals surface area contributed by atoms with E-state index in [1.54, 1.807) is 21.3 Å². The molecule has 1 aliphatic rings. The predicted molar refractivity (Wildman–Crippen MR) is 103 cm³/mol. The van der Waals surface area contributed by atoms with E-state index >= 15 is 0 Å². The van der Waals surface area contributed by atoms with E-state index in [1.165, 1.54) is 5.56 Å². The lowest BCUT2D eigenvalue weighted by Crippen LogP contribution is -2.24. The van der Waals surface area contributed by atoms with Crippen molar-refractivity contribution in [3.63, 3.8) is 0 Å². The molecule has 0 N–H and O–H groups in total. The maximum atomic E-state index is 6.34. The van der Waals surface area contributed by atoms with Gasteiger partial charge in [0.1, 0.15) is 23.0 Å². The fourth-order valence-corrected chi connectivity index (χ4v) is 3.68. The van der Waals surface area contributed by atoms with E-state index in [0.717, 1.165) is 29.2 Å². The molecule has 1 aromatic heterocycles. The Morgan fingerprint density at radius 2 is 1.59 bits per heavy atom. The molecule has 27 heavy (non-hydrogen) atoms. The van der Waals surface area contributed by atoms with E-state index in [4.69, 9.17) is 18.9 Å². The fourth-order valence-electron chi connectivity index (χ4n) is 3.68. The van der Waals surface area contributed by atoms with Gasteiger partial charge in [0, 0.05) is 42.4 Å². The second-order valence-electron chi connectivity index (χ2n) is 6.51. The van der Waals surface area contributed by atoms with Crippen LogP contribution in [0.15, 0.2) is 60.9 Å². The molecule has 3 aromatic rings. The molecule has 0 bridgehead atoms. The second-order valence-corrected chi connectivity index (χ2v) is 6.51. The van der Waals surface area contributed by atoms with E-state index in [2.05, 4.69) is 16.7 Å². The summed E-state index contributed by atoms with van der Waals surface area (Å²) >= 11 is 0. The first-order valence-corrected chi connectivity index (χ1v) is 8.92. The first-order chi connectivity index (χ1) is 13.2. The van der Waals surface area contributed by atoms with Crippen LogP contribution in [-0.4, -0.2) is 25.9 Å². The summed E-state index contributed by atoms with van der Waals surface area (Å²) in [7, 11) is 5.00. The average Bonchev–Trinajstić information content (AvgIpc) is 3.27. The third-order valence-electron chi connectivity index (χ3n) is 5.06. The van der Waals surface area contributed by atoms with Crippen molar-refractivity contribution in [2.45, 2.75) is 18.6 Å². The molecule has 0 aliphatic carbocycles.